The summed E-state index contributed by atoms with van der Waals surface area (Å²) in [5.41, 5.74) is 5.79. The van der Waals surface area contributed by atoms with E-state index in [-0.39, 0.29) is 0 Å². The summed E-state index contributed by atoms with van der Waals surface area (Å²) in [7, 11) is 0. The highest BCUT2D eigenvalue weighted by molar-refractivity contribution is 5.65. The fourth-order valence-corrected chi connectivity index (χ4v) is 4.26. The summed E-state index contributed by atoms with van der Waals surface area (Å²) < 4.78 is 5.70. The van der Waals surface area contributed by atoms with Gasteiger partial charge in [0, 0.05) is 0 Å². The van der Waals surface area contributed by atoms with Gasteiger partial charge in [-0.3, -0.25) is 0 Å². The van der Waals surface area contributed by atoms with Gasteiger partial charge < -0.3 is 4.74 Å². The molecule has 2 aromatic rings. The van der Waals surface area contributed by atoms with Gasteiger partial charge in [0.15, 0.2) is 0 Å². The van der Waals surface area contributed by atoms with Crippen LogP contribution < -0.4 is 4.74 Å². The van der Waals surface area contributed by atoms with Crippen LogP contribution in [-0.2, 0) is 12.8 Å². The summed E-state index contributed by atoms with van der Waals surface area (Å²) in [4.78, 5) is 0. The zero-order chi connectivity index (χ0) is 18.9. The lowest BCUT2D eigenvalue weighted by atomic mass is 9.80. The molecule has 1 heteroatoms. The molecule has 1 nitrogen and oxygen atoms in total. The van der Waals surface area contributed by atoms with Crippen LogP contribution in [-0.4, -0.2) is 6.61 Å². The Bertz CT molecular complexity index is 686. The molecule has 1 aliphatic rings. The first kappa shape index (κ1) is 20.0. The van der Waals surface area contributed by atoms with Crippen LogP contribution in [0.2, 0.25) is 0 Å². The average Bonchev–Trinajstić information content (AvgIpc) is 2.72. The Morgan fingerprint density at radius 3 is 2.37 bits per heavy atom. The first-order valence-electron chi connectivity index (χ1n) is 11.1. The molecule has 0 radical (unpaired) electrons. The van der Waals surface area contributed by atoms with Crippen molar-refractivity contribution in [3.05, 3.63) is 53.6 Å². The number of ether oxygens (including phenoxy) is 1. The van der Waals surface area contributed by atoms with E-state index in [2.05, 4.69) is 56.3 Å². The molecule has 3 rings (SSSR count). The van der Waals surface area contributed by atoms with E-state index in [4.69, 9.17) is 4.74 Å². The Hall–Kier alpha value is -1.76. The Morgan fingerprint density at radius 2 is 1.59 bits per heavy atom. The van der Waals surface area contributed by atoms with Crippen molar-refractivity contribution in [1.29, 1.82) is 0 Å². The molecule has 0 amide bonds. The van der Waals surface area contributed by atoms with Gasteiger partial charge in [-0.25, -0.2) is 0 Å². The summed E-state index contributed by atoms with van der Waals surface area (Å²) in [5.74, 6) is 1.88. The lowest BCUT2D eigenvalue weighted by Crippen LogP contribution is -2.14. The topological polar surface area (TPSA) is 9.23 Å². The second-order valence-electron chi connectivity index (χ2n) is 8.17. The number of hydrogen-bond acceptors (Lipinski definition) is 1. The monoisotopic (exact) mass is 364 g/mol. The molecule has 1 atom stereocenters. The summed E-state index contributed by atoms with van der Waals surface area (Å²) in [5, 5.41) is 0. The molecule has 0 aliphatic heterocycles. The number of aryl methyl sites for hydroxylation is 1. The molecule has 0 saturated heterocycles. The van der Waals surface area contributed by atoms with Crippen molar-refractivity contribution < 1.29 is 4.74 Å². The minimum Gasteiger partial charge on any atom is -0.494 e. The van der Waals surface area contributed by atoms with Gasteiger partial charge in [0.05, 0.1) is 6.61 Å². The van der Waals surface area contributed by atoms with Crippen LogP contribution in [0.25, 0.3) is 11.1 Å². The smallest absolute Gasteiger partial charge is 0.119 e. The number of rotatable bonds is 10. The third-order valence-electron chi connectivity index (χ3n) is 5.91. The molecule has 0 spiro atoms. The van der Waals surface area contributed by atoms with E-state index in [1.165, 1.54) is 68.9 Å². The van der Waals surface area contributed by atoms with Gasteiger partial charge in [-0.1, -0.05) is 82.7 Å². The molecule has 0 bridgehead atoms. The second-order valence-corrected chi connectivity index (χ2v) is 8.17. The van der Waals surface area contributed by atoms with Gasteiger partial charge in [-0.15, -0.1) is 0 Å². The molecule has 0 fully saturated rings. The predicted molar refractivity (Wildman–Crippen MR) is 117 cm³/mol. The second kappa shape index (κ2) is 10.5. The van der Waals surface area contributed by atoms with Crippen LogP contribution in [0.1, 0.15) is 76.3 Å². The fourth-order valence-electron chi connectivity index (χ4n) is 4.26. The van der Waals surface area contributed by atoms with Gasteiger partial charge >= 0.3 is 0 Å². The Kier molecular flexibility index (Phi) is 7.80. The van der Waals surface area contributed by atoms with Gasteiger partial charge in [-0.05, 0) is 66.0 Å². The summed E-state index contributed by atoms with van der Waals surface area (Å²) in [6.45, 7) is 5.22. The van der Waals surface area contributed by atoms with E-state index >= 15 is 0 Å². The number of benzene rings is 2. The van der Waals surface area contributed by atoms with Crippen LogP contribution in [0.15, 0.2) is 42.5 Å². The van der Waals surface area contributed by atoms with Crippen LogP contribution in [0.5, 0.6) is 5.75 Å². The first-order valence-corrected chi connectivity index (χ1v) is 11.1. The maximum absolute atomic E-state index is 5.70. The lowest BCUT2D eigenvalue weighted by Gasteiger charge is -2.25. The minimum atomic E-state index is 0.790. The largest absolute Gasteiger partial charge is 0.494 e. The summed E-state index contributed by atoms with van der Waals surface area (Å²) in [6.07, 6.45) is 13.4. The van der Waals surface area contributed by atoms with Gasteiger partial charge in [0.25, 0.3) is 0 Å². The Labute approximate surface area is 166 Å². The molecule has 146 valence electrons. The molecule has 0 aromatic heterocycles. The number of fused-ring (bicyclic) bond motifs is 1. The minimum absolute atomic E-state index is 0.790. The molecule has 0 saturated carbocycles. The molecule has 1 aliphatic carbocycles. The number of hydrogen-bond donors (Lipinski definition) is 0. The van der Waals surface area contributed by atoms with Gasteiger partial charge in [0.1, 0.15) is 5.75 Å². The maximum atomic E-state index is 5.70. The normalized spacial score (nSPS) is 16.1. The van der Waals surface area contributed by atoms with E-state index < -0.39 is 0 Å². The van der Waals surface area contributed by atoms with Crippen molar-refractivity contribution >= 4 is 0 Å². The van der Waals surface area contributed by atoms with Crippen molar-refractivity contribution in [1.82, 2.24) is 0 Å². The SMILES string of the molecule is CCCCCCCC1CCc2cc(-c3ccc(OCCC)cc3)ccc2C1. The van der Waals surface area contributed by atoms with Crippen molar-refractivity contribution in [3.8, 4) is 16.9 Å². The van der Waals surface area contributed by atoms with Crippen LogP contribution in [0.4, 0.5) is 0 Å². The van der Waals surface area contributed by atoms with Crippen LogP contribution in [0.3, 0.4) is 0 Å². The third kappa shape index (κ3) is 5.86. The van der Waals surface area contributed by atoms with E-state index in [1.54, 1.807) is 11.1 Å². The zero-order valence-electron chi connectivity index (χ0n) is 17.3. The Balaban J connectivity index is 1.56. The van der Waals surface area contributed by atoms with Gasteiger partial charge in [-0.2, -0.15) is 0 Å². The molecule has 0 heterocycles. The maximum Gasteiger partial charge on any atom is 0.119 e. The molecular formula is C26H36O. The zero-order valence-corrected chi connectivity index (χ0v) is 17.3. The summed E-state index contributed by atoms with van der Waals surface area (Å²) in [6, 6.07) is 15.7. The van der Waals surface area contributed by atoms with Gasteiger partial charge in [0.2, 0.25) is 0 Å². The van der Waals surface area contributed by atoms with E-state index in [9.17, 15) is 0 Å². The Morgan fingerprint density at radius 1 is 0.815 bits per heavy atom. The first-order chi connectivity index (χ1) is 13.3. The van der Waals surface area contributed by atoms with E-state index in [1.807, 2.05) is 0 Å². The predicted octanol–water partition coefficient (Wildman–Crippen LogP) is 7.61. The lowest BCUT2D eigenvalue weighted by molar-refractivity contribution is 0.317. The third-order valence-corrected chi connectivity index (χ3v) is 5.91. The molecular weight excluding hydrogens is 328 g/mol. The standard InChI is InChI=1S/C26H36O/c1-3-5-6-7-8-9-21-10-11-25-20-24(13-12-23(25)19-21)22-14-16-26(17-15-22)27-18-4-2/h12-17,20-21H,3-11,18-19H2,1-2H3. The van der Waals surface area contributed by atoms with E-state index in [0.29, 0.717) is 0 Å². The fraction of sp³-hybridized carbons (Fsp3) is 0.538. The highest BCUT2D eigenvalue weighted by Gasteiger charge is 2.18. The van der Waals surface area contributed by atoms with Crippen molar-refractivity contribution in [2.75, 3.05) is 6.61 Å². The van der Waals surface area contributed by atoms with Crippen molar-refractivity contribution in [3.63, 3.8) is 0 Å². The van der Waals surface area contributed by atoms with E-state index in [0.717, 1.165) is 24.7 Å². The average molecular weight is 365 g/mol. The molecule has 1 unspecified atom stereocenters. The highest BCUT2D eigenvalue weighted by Crippen LogP contribution is 2.32. The molecule has 27 heavy (non-hydrogen) atoms. The van der Waals surface area contributed by atoms with Crippen molar-refractivity contribution in [2.45, 2.75) is 78.1 Å². The van der Waals surface area contributed by atoms with Crippen molar-refractivity contribution in [2.24, 2.45) is 5.92 Å². The highest BCUT2D eigenvalue weighted by atomic mass is 16.5. The van der Waals surface area contributed by atoms with Crippen LogP contribution >= 0.6 is 0 Å². The molecule has 0 N–H and O–H groups in total. The quantitative estimate of drug-likeness (QED) is 0.394. The van der Waals surface area contributed by atoms with Crippen LogP contribution in [0, 0.1) is 5.92 Å². The summed E-state index contributed by atoms with van der Waals surface area (Å²) >= 11 is 0. The number of unbranched alkanes of at least 4 members (excludes halogenated alkanes) is 4. The molecule has 2 aromatic carbocycles.